The first-order valence-corrected chi connectivity index (χ1v) is 10.3. The second-order valence-electron chi connectivity index (χ2n) is 6.92. The summed E-state index contributed by atoms with van der Waals surface area (Å²) in [4.78, 5) is 25.5. The average molecular weight is 469 g/mol. The molecule has 1 heterocycles. The molecule has 0 fully saturated rings. The van der Waals surface area contributed by atoms with Crippen molar-refractivity contribution in [2.24, 2.45) is 17.9 Å². The Bertz CT molecular complexity index is 1250. The van der Waals surface area contributed by atoms with Gasteiger partial charge in [0.15, 0.2) is 23.2 Å². The minimum atomic E-state index is -0.477. The van der Waals surface area contributed by atoms with Crippen molar-refractivity contribution >= 4 is 35.1 Å². The number of carbonyl (C=O) groups is 1. The molecule has 3 aromatic rings. The Labute approximate surface area is 195 Å². The SMILES string of the molecule is COc1cc(C=NNC(N)=S)ccc1OCC(=O)Nc1c(C)n(C)n(-c2ccccc2)c1=O. The zero-order valence-corrected chi connectivity index (χ0v) is 19.2. The van der Waals surface area contributed by atoms with Crippen LogP contribution in [0.4, 0.5) is 5.69 Å². The maximum Gasteiger partial charge on any atom is 0.295 e. The number of benzene rings is 2. The van der Waals surface area contributed by atoms with Gasteiger partial charge in [-0.3, -0.25) is 19.7 Å². The fourth-order valence-corrected chi connectivity index (χ4v) is 3.14. The fraction of sp³-hybridized carbons (Fsp3) is 0.182. The highest BCUT2D eigenvalue weighted by molar-refractivity contribution is 7.80. The third kappa shape index (κ3) is 5.57. The van der Waals surface area contributed by atoms with Gasteiger partial charge >= 0.3 is 0 Å². The van der Waals surface area contributed by atoms with E-state index >= 15 is 0 Å². The molecule has 4 N–H and O–H groups in total. The molecule has 0 bridgehead atoms. The van der Waals surface area contributed by atoms with Crippen molar-refractivity contribution in [3.8, 4) is 17.2 Å². The molecule has 0 saturated heterocycles. The van der Waals surface area contributed by atoms with E-state index in [1.807, 2.05) is 30.3 Å². The highest BCUT2D eigenvalue weighted by Crippen LogP contribution is 2.27. The molecule has 33 heavy (non-hydrogen) atoms. The van der Waals surface area contributed by atoms with Crippen molar-refractivity contribution in [1.29, 1.82) is 0 Å². The summed E-state index contributed by atoms with van der Waals surface area (Å²) < 4.78 is 14.1. The largest absolute Gasteiger partial charge is 0.493 e. The molecule has 2 aromatic carbocycles. The number of aromatic nitrogens is 2. The van der Waals surface area contributed by atoms with Crippen molar-refractivity contribution in [3.05, 3.63) is 70.1 Å². The van der Waals surface area contributed by atoms with Crippen molar-refractivity contribution in [2.45, 2.75) is 6.92 Å². The predicted molar refractivity (Wildman–Crippen MR) is 130 cm³/mol. The van der Waals surface area contributed by atoms with E-state index in [-0.39, 0.29) is 23.0 Å². The lowest BCUT2D eigenvalue weighted by molar-refractivity contribution is -0.118. The van der Waals surface area contributed by atoms with Crippen molar-refractivity contribution < 1.29 is 14.3 Å². The highest BCUT2D eigenvalue weighted by Gasteiger charge is 2.18. The van der Waals surface area contributed by atoms with Crippen LogP contribution in [-0.2, 0) is 11.8 Å². The van der Waals surface area contributed by atoms with Crippen molar-refractivity contribution in [3.63, 3.8) is 0 Å². The molecular formula is C22H24N6O4S. The Morgan fingerprint density at radius 2 is 1.94 bits per heavy atom. The van der Waals surface area contributed by atoms with Crippen LogP contribution in [0.15, 0.2) is 58.4 Å². The van der Waals surface area contributed by atoms with Crippen LogP contribution in [0.2, 0.25) is 0 Å². The lowest BCUT2D eigenvalue weighted by Crippen LogP contribution is -2.25. The molecular weight excluding hydrogens is 444 g/mol. The minimum Gasteiger partial charge on any atom is -0.493 e. The third-order valence-electron chi connectivity index (χ3n) is 4.75. The van der Waals surface area contributed by atoms with Gasteiger partial charge in [0.1, 0.15) is 5.69 Å². The number of thiocarbonyl (C=S) groups is 1. The smallest absolute Gasteiger partial charge is 0.295 e. The highest BCUT2D eigenvalue weighted by atomic mass is 32.1. The first-order chi connectivity index (χ1) is 15.8. The zero-order valence-electron chi connectivity index (χ0n) is 18.4. The number of hydrogen-bond acceptors (Lipinski definition) is 6. The van der Waals surface area contributed by atoms with Gasteiger partial charge in [0.05, 0.1) is 24.7 Å². The summed E-state index contributed by atoms with van der Waals surface area (Å²) in [6, 6.07) is 14.2. The van der Waals surface area contributed by atoms with E-state index in [9.17, 15) is 9.59 Å². The molecule has 11 heteroatoms. The van der Waals surface area contributed by atoms with E-state index in [0.29, 0.717) is 28.4 Å². The number of methoxy groups -OCH3 is 1. The maximum atomic E-state index is 12.9. The van der Waals surface area contributed by atoms with Crippen LogP contribution in [-0.4, -0.2) is 40.3 Å². The van der Waals surface area contributed by atoms with Crippen LogP contribution in [0.25, 0.3) is 5.69 Å². The number of hydrogen-bond donors (Lipinski definition) is 3. The molecule has 0 unspecified atom stereocenters. The van der Waals surface area contributed by atoms with Crippen LogP contribution in [0.3, 0.4) is 0 Å². The normalized spacial score (nSPS) is 10.8. The number of nitrogens with two attached hydrogens (primary N) is 1. The molecule has 0 saturated carbocycles. The predicted octanol–water partition coefficient (Wildman–Crippen LogP) is 1.68. The van der Waals surface area contributed by atoms with Gasteiger partial charge in [-0.1, -0.05) is 18.2 Å². The van der Waals surface area contributed by atoms with Gasteiger partial charge in [0, 0.05) is 7.05 Å². The van der Waals surface area contributed by atoms with E-state index in [1.54, 1.807) is 36.9 Å². The Balaban J connectivity index is 1.71. The standard InChI is InChI=1S/C22H24N6O4S/c1-14-20(21(30)28(27(14)2)16-7-5-4-6-8-16)25-19(29)13-32-17-10-9-15(11-18(17)31-3)12-24-26-22(23)33/h4-12H,13H2,1-3H3,(H,25,29)(H3,23,26,33). The quantitative estimate of drug-likeness (QED) is 0.261. The Kier molecular flexibility index (Phi) is 7.46. The van der Waals surface area contributed by atoms with E-state index < -0.39 is 5.91 Å². The molecule has 0 atom stereocenters. The van der Waals surface area contributed by atoms with E-state index in [2.05, 4.69) is 28.1 Å². The van der Waals surface area contributed by atoms with E-state index in [4.69, 9.17) is 15.2 Å². The second-order valence-corrected chi connectivity index (χ2v) is 7.36. The van der Waals surface area contributed by atoms with Crippen LogP contribution in [0.1, 0.15) is 11.3 Å². The Morgan fingerprint density at radius 1 is 1.21 bits per heavy atom. The number of nitrogens with zero attached hydrogens (tertiary/aromatic N) is 3. The summed E-state index contributed by atoms with van der Waals surface area (Å²) in [5.74, 6) is 0.289. The first-order valence-electron chi connectivity index (χ1n) is 9.85. The number of hydrazone groups is 1. The van der Waals surface area contributed by atoms with Gasteiger partial charge in [-0.2, -0.15) is 5.10 Å². The molecule has 0 aliphatic carbocycles. The number of nitrogens with one attached hydrogen (secondary N) is 2. The molecule has 0 spiro atoms. The molecule has 10 nitrogen and oxygen atoms in total. The zero-order chi connectivity index (χ0) is 24.0. The number of anilines is 1. The number of ether oxygens (including phenoxy) is 2. The average Bonchev–Trinajstić information content (AvgIpc) is 3.01. The van der Waals surface area contributed by atoms with Gasteiger partial charge in [0.25, 0.3) is 11.5 Å². The number of para-hydroxylation sites is 1. The molecule has 3 rings (SSSR count). The lowest BCUT2D eigenvalue weighted by Gasteiger charge is -2.11. The molecule has 172 valence electrons. The maximum absolute atomic E-state index is 12.9. The summed E-state index contributed by atoms with van der Waals surface area (Å²) in [6.45, 7) is 1.44. The summed E-state index contributed by atoms with van der Waals surface area (Å²) >= 11 is 4.68. The fourth-order valence-electron chi connectivity index (χ4n) is 3.09. The van der Waals surface area contributed by atoms with Crippen LogP contribution in [0, 0.1) is 6.92 Å². The van der Waals surface area contributed by atoms with Crippen LogP contribution < -0.4 is 31.5 Å². The van der Waals surface area contributed by atoms with Gasteiger partial charge in [-0.15, -0.1) is 0 Å². The Morgan fingerprint density at radius 3 is 2.61 bits per heavy atom. The molecule has 0 aliphatic heterocycles. The lowest BCUT2D eigenvalue weighted by atomic mass is 10.2. The van der Waals surface area contributed by atoms with Gasteiger partial charge in [-0.25, -0.2) is 4.68 Å². The molecule has 0 aliphatic rings. The first kappa shape index (κ1) is 23.5. The second kappa shape index (κ2) is 10.5. The number of amides is 1. The summed E-state index contributed by atoms with van der Waals surface area (Å²) in [7, 11) is 3.23. The van der Waals surface area contributed by atoms with Crippen LogP contribution in [0.5, 0.6) is 11.5 Å². The van der Waals surface area contributed by atoms with Gasteiger partial charge in [0.2, 0.25) is 0 Å². The molecule has 1 amide bonds. The molecule has 0 radical (unpaired) electrons. The molecule has 1 aromatic heterocycles. The number of carbonyl (C=O) groups excluding carboxylic acids is 1. The van der Waals surface area contributed by atoms with E-state index in [0.717, 1.165) is 0 Å². The Hall–Kier alpha value is -4.12. The number of rotatable bonds is 8. The van der Waals surface area contributed by atoms with Crippen molar-refractivity contribution in [2.75, 3.05) is 19.0 Å². The summed E-state index contributed by atoms with van der Waals surface area (Å²) in [5, 5.41) is 6.58. The van der Waals surface area contributed by atoms with Gasteiger partial charge < -0.3 is 20.5 Å². The summed E-state index contributed by atoms with van der Waals surface area (Å²) in [5.41, 5.74) is 9.65. The van der Waals surface area contributed by atoms with Crippen molar-refractivity contribution in [1.82, 2.24) is 14.8 Å². The minimum absolute atomic E-state index is 0.0494. The monoisotopic (exact) mass is 468 g/mol. The topological polar surface area (TPSA) is 125 Å². The third-order valence-corrected chi connectivity index (χ3v) is 4.84. The van der Waals surface area contributed by atoms with E-state index in [1.165, 1.54) is 18.0 Å². The summed E-state index contributed by atoms with van der Waals surface area (Å²) in [6.07, 6.45) is 1.51. The van der Waals surface area contributed by atoms with Gasteiger partial charge in [-0.05, 0) is 55.0 Å². The van der Waals surface area contributed by atoms with Crippen LogP contribution >= 0.6 is 12.2 Å².